The number of hydrogen-bond acceptors (Lipinski definition) is 5. The zero-order valence-electron chi connectivity index (χ0n) is 14.2. The van der Waals surface area contributed by atoms with E-state index in [4.69, 9.17) is 0 Å². The van der Waals surface area contributed by atoms with Crippen LogP contribution >= 0.6 is 23.7 Å². The Balaban J connectivity index is 0.00000243. The molecule has 0 atom stereocenters. The lowest BCUT2D eigenvalue weighted by molar-refractivity contribution is 0.586. The van der Waals surface area contributed by atoms with Crippen LogP contribution in [0.15, 0.2) is 57.8 Å². The summed E-state index contributed by atoms with van der Waals surface area (Å²) in [6.07, 6.45) is 1.35. The number of aromatic nitrogens is 1. The first-order valence-corrected chi connectivity index (χ1v) is 9.94. The molecule has 3 rings (SSSR count). The molecule has 138 valence electrons. The van der Waals surface area contributed by atoms with E-state index in [0.29, 0.717) is 12.1 Å². The molecular formula is C18H18ClFN2O2S2. The highest BCUT2D eigenvalue weighted by molar-refractivity contribution is 7.93. The Morgan fingerprint density at radius 1 is 1.15 bits per heavy atom. The predicted octanol–water partition coefficient (Wildman–Crippen LogP) is 4.23. The summed E-state index contributed by atoms with van der Waals surface area (Å²) in [5.41, 5.74) is 1.35. The highest BCUT2D eigenvalue weighted by Gasteiger charge is 2.29. The van der Waals surface area contributed by atoms with E-state index in [9.17, 15) is 12.8 Å². The molecule has 2 heterocycles. The minimum Gasteiger partial charge on any atom is -0.315 e. The van der Waals surface area contributed by atoms with E-state index >= 15 is 0 Å². The highest BCUT2D eigenvalue weighted by atomic mass is 35.5. The first kappa shape index (κ1) is 20.5. The number of nitrogens with zero attached hydrogens (tertiary/aromatic N) is 1. The van der Waals surface area contributed by atoms with Gasteiger partial charge in [-0.1, -0.05) is 18.2 Å². The fourth-order valence-corrected chi connectivity index (χ4v) is 5.99. The van der Waals surface area contributed by atoms with Crippen LogP contribution in [0.2, 0.25) is 0 Å². The zero-order valence-corrected chi connectivity index (χ0v) is 16.6. The van der Waals surface area contributed by atoms with Crippen molar-refractivity contribution in [1.82, 2.24) is 10.3 Å². The normalized spacial score (nSPS) is 11.2. The van der Waals surface area contributed by atoms with Gasteiger partial charge in [0.05, 0.1) is 4.90 Å². The third kappa shape index (κ3) is 3.66. The maximum Gasteiger partial charge on any atom is 0.220 e. The number of hydrogen-bond donors (Lipinski definition) is 1. The Morgan fingerprint density at radius 2 is 1.85 bits per heavy atom. The molecule has 2 aromatic heterocycles. The molecule has 8 heteroatoms. The van der Waals surface area contributed by atoms with Gasteiger partial charge in [-0.2, -0.15) is 4.39 Å². The van der Waals surface area contributed by atoms with Crippen LogP contribution in [0.4, 0.5) is 4.39 Å². The molecular weight excluding hydrogens is 395 g/mol. The van der Waals surface area contributed by atoms with Crippen molar-refractivity contribution in [3.8, 4) is 11.1 Å². The topological polar surface area (TPSA) is 59.1 Å². The van der Waals surface area contributed by atoms with Gasteiger partial charge < -0.3 is 5.32 Å². The Hall–Kier alpha value is -1.80. The van der Waals surface area contributed by atoms with Gasteiger partial charge in [0.2, 0.25) is 15.8 Å². The van der Waals surface area contributed by atoms with E-state index < -0.39 is 15.8 Å². The summed E-state index contributed by atoms with van der Waals surface area (Å²) in [4.78, 5) is 4.72. The number of nitrogens with one attached hydrogen (secondary N) is 1. The van der Waals surface area contributed by atoms with Crippen LogP contribution in [0, 0.1) is 12.9 Å². The molecule has 4 nitrogen and oxygen atoms in total. The second kappa shape index (κ2) is 8.26. The average molecular weight is 413 g/mol. The molecule has 0 fully saturated rings. The first-order valence-electron chi connectivity index (χ1n) is 7.64. The summed E-state index contributed by atoms with van der Waals surface area (Å²) in [6, 6.07) is 11.4. The van der Waals surface area contributed by atoms with E-state index in [0.717, 1.165) is 10.4 Å². The van der Waals surface area contributed by atoms with Crippen molar-refractivity contribution >= 4 is 33.6 Å². The minimum absolute atomic E-state index is 0. The maximum atomic E-state index is 14.3. The molecule has 0 saturated carbocycles. The molecule has 26 heavy (non-hydrogen) atoms. The molecule has 1 aromatic carbocycles. The van der Waals surface area contributed by atoms with Gasteiger partial charge in [0, 0.05) is 28.7 Å². The van der Waals surface area contributed by atoms with Crippen LogP contribution < -0.4 is 5.32 Å². The number of thiophene rings is 1. The van der Waals surface area contributed by atoms with E-state index in [1.54, 1.807) is 49.5 Å². The van der Waals surface area contributed by atoms with Crippen molar-refractivity contribution < 1.29 is 12.8 Å². The maximum absolute atomic E-state index is 14.3. The van der Waals surface area contributed by atoms with Crippen LogP contribution in [-0.2, 0) is 16.4 Å². The molecule has 0 aliphatic rings. The Morgan fingerprint density at radius 3 is 2.46 bits per heavy atom. The van der Waals surface area contributed by atoms with Crippen LogP contribution in [-0.4, -0.2) is 20.4 Å². The van der Waals surface area contributed by atoms with Crippen molar-refractivity contribution in [2.45, 2.75) is 22.6 Å². The molecule has 3 aromatic rings. The number of sulfone groups is 1. The van der Waals surface area contributed by atoms with Crippen LogP contribution in [0.5, 0.6) is 0 Å². The quantitative estimate of drug-likeness (QED) is 0.637. The van der Waals surface area contributed by atoms with Crippen molar-refractivity contribution in [2.24, 2.45) is 0 Å². The smallest absolute Gasteiger partial charge is 0.220 e. The van der Waals surface area contributed by atoms with Crippen molar-refractivity contribution in [2.75, 3.05) is 7.05 Å². The van der Waals surface area contributed by atoms with Gasteiger partial charge in [-0.25, -0.2) is 13.4 Å². The fourth-order valence-electron chi connectivity index (χ4n) is 2.64. The van der Waals surface area contributed by atoms with E-state index in [1.807, 2.05) is 6.92 Å². The molecule has 0 saturated heterocycles. The molecule has 1 N–H and O–H groups in total. The van der Waals surface area contributed by atoms with Gasteiger partial charge in [-0.05, 0) is 43.8 Å². The van der Waals surface area contributed by atoms with Gasteiger partial charge >= 0.3 is 0 Å². The Labute approximate surface area is 162 Å². The summed E-state index contributed by atoms with van der Waals surface area (Å²) >= 11 is 1.17. The average Bonchev–Trinajstić information content (AvgIpc) is 2.94. The van der Waals surface area contributed by atoms with Gasteiger partial charge in [0.25, 0.3) is 0 Å². The number of rotatable bonds is 5. The molecule has 0 aliphatic carbocycles. The Kier molecular flexibility index (Phi) is 6.52. The van der Waals surface area contributed by atoms with E-state index in [-0.39, 0.29) is 27.1 Å². The summed E-state index contributed by atoms with van der Waals surface area (Å²) in [5, 5.41) is 3.03. The van der Waals surface area contributed by atoms with Crippen LogP contribution in [0.1, 0.15) is 10.4 Å². The molecule has 0 amide bonds. The minimum atomic E-state index is -3.76. The molecule has 0 bridgehead atoms. The highest BCUT2D eigenvalue weighted by Crippen LogP contribution is 2.42. The molecule has 0 unspecified atom stereocenters. The summed E-state index contributed by atoms with van der Waals surface area (Å²) in [6.45, 7) is 2.32. The van der Waals surface area contributed by atoms with Crippen LogP contribution in [0.3, 0.4) is 0 Å². The van der Waals surface area contributed by atoms with Crippen molar-refractivity contribution in [3.63, 3.8) is 0 Å². The summed E-state index contributed by atoms with van der Waals surface area (Å²) in [5.74, 6) is -0.677. The summed E-state index contributed by atoms with van der Waals surface area (Å²) in [7, 11) is -1.97. The fraction of sp³-hybridized carbons (Fsp3) is 0.167. The van der Waals surface area contributed by atoms with Crippen molar-refractivity contribution in [1.29, 1.82) is 0 Å². The Bertz CT molecular complexity index is 1010. The molecule has 0 spiro atoms. The molecule has 0 radical (unpaired) electrons. The van der Waals surface area contributed by atoms with Gasteiger partial charge in [0.1, 0.15) is 4.21 Å². The standard InChI is InChI=1S/C18H17FN2O2S2.ClH/c1-12-15(11-20-2)24-18(16(12)14-9-6-10-21-17(14)19)25(22,23)13-7-4-3-5-8-13;/h3-10,20H,11H2,1-2H3;1H. The van der Waals surface area contributed by atoms with Crippen LogP contribution in [0.25, 0.3) is 11.1 Å². The number of pyridine rings is 1. The lowest BCUT2D eigenvalue weighted by Crippen LogP contribution is -2.04. The zero-order chi connectivity index (χ0) is 18.0. The third-order valence-corrected chi connectivity index (χ3v) is 7.46. The number of benzene rings is 1. The van der Waals surface area contributed by atoms with E-state index in [2.05, 4.69) is 10.3 Å². The van der Waals surface area contributed by atoms with Gasteiger partial charge in [0.15, 0.2) is 0 Å². The monoisotopic (exact) mass is 412 g/mol. The molecule has 0 aliphatic heterocycles. The summed E-state index contributed by atoms with van der Waals surface area (Å²) < 4.78 is 40.8. The first-order chi connectivity index (χ1) is 12.0. The lowest BCUT2D eigenvalue weighted by atomic mass is 10.1. The third-order valence-electron chi connectivity index (χ3n) is 3.88. The second-order valence-corrected chi connectivity index (χ2v) is 8.75. The number of halogens is 2. The second-order valence-electron chi connectivity index (χ2n) is 5.50. The van der Waals surface area contributed by atoms with Crippen molar-refractivity contribution in [3.05, 3.63) is 65.0 Å². The van der Waals surface area contributed by atoms with Gasteiger partial charge in [-0.3, -0.25) is 0 Å². The van der Waals surface area contributed by atoms with E-state index in [1.165, 1.54) is 17.5 Å². The van der Waals surface area contributed by atoms with Gasteiger partial charge in [-0.15, -0.1) is 23.7 Å². The largest absolute Gasteiger partial charge is 0.315 e. The lowest BCUT2D eigenvalue weighted by Gasteiger charge is -2.08. The SMILES string of the molecule is CNCc1sc(S(=O)(=O)c2ccccc2)c(-c2cccnc2F)c1C.Cl. The predicted molar refractivity (Wildman–Crippen MR) is 104 cm³/mol.